The van der Waals surface area contributed by atoms with Crippen LogP contribution in [-0.2, 0) is 17.8 Å². The Kier molecular flexibility index (Phi) is 5.10. The van der Waals surface area contributed by atoms with Crippen molar-refractivity contribution in [2.24, 2.45) is 0 Å². The molecule has 2 aromatic heterocycles. The summed E-state index contributed by atoms with van der Waals surface area (Å²) in [6.07, 6.45) is 4.42. The van der Waals surface area contributed by atoms with E-state index in [1.165, 1.54) is 12.5 Å². The van der Waals surface area contributed by atoms with Gasteiger partial charge >= 0.3 is 5.76 Å². The SMILES string of the molecule is O=C(CCCn1c(=O)oc2ccccc21)Nc1ccc2c(c1)CCN2C(=O)c1ccoc1. The van der Waals surface area contributed by atoms with E-state index in [-0.39, 0.29) is 18.2 Å². The van der Waals surface area contributed by atoms with Crippen LogP contribution in [0.25, 0.3) is 11.1 Å². The molecule has 162 valence electrons. The van der Waals surface area contributed by atoms with Crippen molar-refractivity contribution in [1.29, 1.82) is 0 Å². The molecule has 1 aliphatic rings. The molecule has 0 bridgehead atoms. The predicted molar refractivity (Wildman–Crippen MR) is 119 cm³/mol. The molecular formula is C24H21N3O5. The minimum absolute atomic E-state index is 0.101. The van der Waals surface area contributed by atoms with Crippen LogP contribution in [0.15, 0.2) is 74.7 Å². The number of aryl methyl sites for hydroxylation is 1. The standard InChI is InChI=1S/C24H21N3O5/c28-22(6-3-11-27-20-4-1-2-5-21(20)32-24(27)30)25-18-7-8-19-16(14-18)9-12-26(19)23(29)17-10-13-31-15-17/h1-2,4-5,7-8,10,13-15H,3,6,9,11-12H2,(H,25,28). The molecule has 5 rings (SSSR count). The zero-order chi connectivity index (χ0) is 22.1. The molecule has 0 fully saturated rings. The average Bonchev–Trinajstić information content (AvgIpc) is 3.52. The molecule has 8 nitrogen and oxygen atoms in total. The summed E-state index contributed by atoms with van der Waals surface area (Å²) in [4.78, 5) is 38.8. The fraction of sp³-hybridized carbons (Fsp3) is 0.208. The number of nitrogens with one attached hydrogen (secondary N) is 1. The molecule has 4 aromatic rings. The highest BCUT2D eigenvalue weighted by atomic mass is 16.4. The van der Waals surface area contributed by atoms with Gasteiger partial charge in [-0.15, -0.1) is 0 Å². The number of aromatic nitrogens is 1. The summed E-state index contributed by atoms with van der Waals surface area (Å²) < 4.78 is 11.8. The van der Waals surface area contributed by atoms with E-state index in [1.807, 2.05) is 30.3 Å². The molecule has 0 aliphatic carbocycles. The largest absolute Gasteiger partial charge is 0.472 e. The molecular weight excluding hydrogens is 410 g/mol. The maximum Gasteiger partial charge on any atom is 0.419 e. The Morgan fingerprint density at radius 1 is 1.09 bits per heavy atom. The number of amides is 2. The maximum atomic E-state index is 12.6. The van der Waals surface area contributed by atoms with Crippen molar-refractivity contribution in [2.75, 3.05) is 16.8 Å². The number of nitrogens with zero attached hydrogens (tertiary/aromatic N) is 2. The molecule has 0 saturated heterocycles. The smallest absolute Gasteiger partial charge is 0.419 e. The number of para-hydroxylation sites is 2. The quantitative estimate of drug-likeness (QED) is 0.501. The van der Waals surface area contributed by atoms with Crippen molar-refractivity contribution >= 4 is 34.3 Å². The Bertz CT molecular complexity index is 1350. The molecule has 0 spiro atoms. The molecule has 2 amide bonds. The highest BCUT2D eigenvalue weighted by molar-refractivity contribution is 6.07. The van der Waals surface area contributed by atoms with E-state index in [9.17, 15) is 14.4 Å². The van der Waals surface area contributed by atoms with E-state index < -0.39 is 5.76 Å². The van der Waals surface area contributed by atoms with Crippen molar-refractivity contribution < 1.29 is 18.4 Å². The minimum atomic E-state index is -0.417. The lowest BCUT2D eigenvalue weighted by Crippen LogP contribution is -2.28. The van der Waals surface area contributed by atoms with Crippen molar-refractivity contribution in [3.05, 3.63) is 82.7 Å². The van der Waals surface area contributed by atoms with E-state index in [1.54, 1.807) is 27.7 Å². The highest BCUT2D eigenvalue weighted by Gasteiger charge is 2.26. The van der Waals surface area contributed by atoms with E-state index in [4.69, 9.17) is 8.83 Å². The fourth-order valence-corrected chi connectivity index (χ4v) is 4.08. The van der Waals surface area contributed by atoms with Gasteiger partial charge in [0.2, 0.25) is 5.91 Å². The van der Waals surface area contributed by atoms with Crippen LogP contribution in [0.3, 0.4) is 0 Å². The third-order valence-corrected chi connectivity index (χ3v) is 5.63. The van der Waals surface area contributed by atoms with Gasteiger partial charge in [-0.3, -0.25) is 14.2 Å². The number of hydrogen-bond acceptors (Lipinski definition) is 5. The normalized spacial score (nSPS) is 12.8. The van der Waals surface area contributed by atoms with Gasteiger partial charge < -0.3 is 19.1 Å². The van der Waals surface area contributed by atoms with Gasteiger partial charge in [-0.05, 0) is 54.8 Å². The summed E-state index contributed by atoms with van der Waals surface area (Å²) in [6.45, 7) is 0.989. The van der Waals surface area contributed by atoms with Gasteiger partial charge in [0, 0.05) is 30.9 Å². The Balaban J connectivity index is 1.20. The van der Waals surface area contributed by atoms with Gasteiger partial charge in [0.25, 0.3) is 5.91 Å². The molecule has 0 saturated carbocycles. The number of oxazole rings is 1. The van der Waals surface area contributed by atoms with Crippen LogP contribution in [0.5, 0.6) is 0 Å². The first-order valence-corrected chi connectivity index (χ1v) is 10.5. The Labute approximate surface area is 183 Å². The first-order chi connectivity index (χ1) is 15.6. The number of furan rings is 1. The van der Waals surface area contributed by atoms with Crippen LogP contribution in [0.4, 0.5) is 11.4 Å². The van der Waals surface area contributed by atoms with Crippen LogP contribution < -0.4 is 16.0 Å². The minimum Gasteiger partial charge on any atom is -0.472 e. The Hall–Kier alpha value is -4.07. The summed E-state index contributed by atoms with van der Waals surface area (Å²) in [6, 6.07) is 14.4. The summed E-state index contributed by atoms with van der Waals surface area (Å²) in [7, 11) is 0. The van der Waals surface area contributed by atoms with E-state index in [2.05, 4.69) is 5.32 Å². The Morgan fingerprint density at radius 2 is 1.97 bits per heavy atom. The summed E-state index contributed by atoms with van der Waals surface area (Å²) in [5.74, 6) is -0.647. The molecule has 0 atom stereocenters. The van der Waals surface area contributed by atoms with Gasteiger partial charge in [-0.1, -0.05) is 12.1 Å². The number of hydrogen-bond donors (Lipinski definition) is 1. The molecule has 1 aliphatic heterocycles. The number of carbonyl (C=O) groups excluding carboxylic acids is 2. The molecule has 0 unspecified atom stereocenters. The zero-order valence-corrected chi connectivity index (χ0v) is 17.2. The third kappa shape index (κ3) is 3.71. The van der Waals surface area contributed by atoms with Gasteiger partial charge in [-0.2, -0.15) is 0 Å². The molecule has 32 heavy (non-hydrogen) atoms. The van der Waals surface area contributed by atoms with Crippen molar-refractivity contribution in [1.82, 2.24) is 4.57 Å². The number of anilines is 2. The van der Waals surface area contributed by atoms with E-state index in [0.29, 0.717) is 36.3 Å². The van der Waals surface area contributed by atoms with Crippen molar-refractivity contribution in [3.8, 4) is 0 Å². The van der Waals surface area contributed by atoms with E-state index >= 15 is 0 Å². The Morgan fingerprint density at radius 3 is 2.81 bits per heavy atom. The van der Waals surface area contributed by atoms with Crippen molar-refractivity contribution in [3.63, 3.8) is 0 Å². The summed E-state index contributed by atoms with van der Waals surface area (Å²) >= 11 is 0. The van der Waals surface area contributed by atoms with Crippen LogP contribution in [-0.4, -0.2) is 22.9 Å². The van der Waals surface area contributed by atoms with Crippen LogP contribution in [0, 0.1) is 0 Å². The monoisotopic (exact) mass is 431 g/mol. The topological polar surface area (TPSA) is 97.7 Å². The van der Waals surface area contributed by atoms with Gasteiger partial charge in [0.15, 0.2) is 5.58 Å². The second-order valence-corrected chi connectivity index (χ2v) is 7.70. The molecule has 8 heteroatoms. The lowest BCUT2D eigenvalue weighted by Gasteiger charge is -2.16. The maximum absolute atomic E-state index is 12.6. The van der Waals surface area contributed by atoms with Gasteiger partial charge in [0.05, 0.1) is 17.3 Å². The lowest BCUT2D eigenvalue weighted by atomic mass is 10.1. The average molecular weight is 431 g/mol. The zero-order valence-electron chi connectivity index (χ0n) is 17.2. The van der Waals surface area contributed by atoms with Crippen LogP contribution in [0.1, 0.15) is 28.8 Å². The van der Waals surface area contributed by atoms with Crippen LogP contribution in [0.2, 0.25) is 0 Å². The third-order valence-electron chi connectivity index (χ3n) is 5.63. The fourth-order valence-electron chi connectivity index (χ4n) is 4.08. The van der Waals surface area contributed by atoms with Gasteiger partial charge in [0.1, 0.15) is 6.26 Å². The van der Waals surface area contributed by atoms with Gasteiger partial charge in [-0.25, -0.2) is 4.79 Å². The molecule has 1 N–H and O–H groups in total. The van der Waals surface area contributed by atoms with E-state index in [0.717, 1.165) is 23.2 Å². The number of benzene rings is 2. The lowest BCUT2D eigenvalue weighted by molar-refractivity contribution is -0.116. The summed E-state index contributed by atoms with van der Waals surface area (Å²) in [5, 5.41) is 2.91. The predicted octanol–water partition coefficient (Wildman–Crippen LogP) is 3.81. The number of carbonyl (C=O) groups is 2. The second kappa shape index (κ2) is 8.22. The van der Waals surface area contributed by atoms with Crippen LogP contribution >= 0.6 is 0 Å². The molecule has 2 aromatic carbocycles. The molecule has 0 radical (unpaired) electrons. The first kappa shape index (κ1) is 19.9. The molecule has 3 heterocycles. The number of fused-ring (bicyclic) bond motifs is 2. The highest BCUT2D eigenvalue weighted by Crippen LogP contribution is 2.31. The summed E-state index contributed by atoms with van der Waals surface area (Å²) in [5.41, 5.74) is 4.33. The number of rotatable bonds is 6. The second-order valence-electron chi connectivity index (χ2n) is 7.70. The first-order valence-electron chi connectivity index (χ1n) is 10.5. The van der Waals surface area contributed by atoms with Crippen molar-refractivity contribution in [2.45, 2.75) is 25.8 Å².